The first-order valence-electron chi connectivity index (χ1n) is 6.06. The summed E-state index contributed by atoms with van der Waals surface area (Å²) in [5.41, 5.74) is 1.91. The zero-order valence-corrected chi connectivity index (χ0v) is 11.0. The molecule has 1 aromatic rings. The summed E-state index contributed by atoms with van der Waals surface area (Å²) >= 11 is 1.74. The Labute approximate surface area is 102 Å². The second-order valence-electron chi connectivity index (χ2n) is 4.78. The molecule has 1 aliphatic heterocycles. The number of aromatic nitrogens is 1. The van der Waals surface area contributed by atoms with Crippen LogP contribution in [0.1, 0.15) is 30.7 Å². The molecule has 1 unspecified atom stereocenters. The third-order valence-corrected chi connectivity index (χ3v) is 4.39. The predicted octanol–water partition coefficient (Wildman–Crippen LogP) is 2.14. The van der Waals surface area contributed by atoms with Crippen LogP contribution in [-0.2, 0) is 0 Å². The first-order valence-corrected chi connectivity index (χ1v) is 6.94. The lowest BCUT2D eigenvalue weighted by atomic mass is 9.97. The van der Waals surface area contributed by atoms with Crippen LogP contribution in [0.15, 0.2) is 11.7 Å². The van der Waals surface area contributed by atoms with Gasteiger partial charge in [-0.3, -0.25) is 4.98 Å². The van der Waals surface area contributed by atoms with Gasteiger partial charge >= 0.3 is 0 Å². The van der Waals surface area contributed by atoms with Gasteiger partial charge in [-0.15, -0.1) is 11.3 Å². The van der Waals surface area contributed by atoms with Crippen LogP contribution in [0.4, 0.5) is 0 Å². The molecule has 3 nitrogen and oxygen atoms in total. The van der Waals surface area contributed by atoms with Gasteiger partial charge in [-0.2, -0.15) is 0 Å². The SMILES string of the molecule is CC(NCC1CCN(C)CC1)c1cncs1. The largest absolute Gasteiger partial charge is 0.309 e. The molecule has 16 heavy (non-hydrogen) atoms. The molecule has 0 aliphatic carbocycles. The molecule has 0 spiro atoms. The molecule has 0 amide bonds. The lowest BCUT2D eigenvalue weighted by molar-refractivity contribution is 0.213. The minimum absolute atomic E-state index is 0.451. The summed E-state index contributed by atoms with van der Waals surface area (Å²) in [6.45, 7) is 5.87. The predicted molar refractivity (Wildman–Crippen MR) is 68.8 cm³/mol. The fraction of sp³-hybridized carbons (Fsp3) is 0.750. The minimum Gasteiger partial charge on any atom is -0.309 e. The monoisotopic (exact) mass is 239 g/mol. The van der Waals surface area contributed by atoms with Crippen molar-refractivity contribution in [2.45, 2.75) is 25.8 Å². The first-order chi connectivity index (χ1) is 7.75. The highest BCUT2D eigenvalue weighted by molar-refractivity contribution is 7.09. The van der Waals surface area contributed by atoms with Crippen molar-refractivity contribution in [3.63, 3.8) is 0 Å². The molecule has 2 rings (SSSR count). The van der Waals surface area contributed by atoms with Crippen LogP contribution in [-0.4, -0.2) is 36.6 Å². The van der Waals surface area contributed by atoms with Crippen molar-refractivity contribution in [1.29, 1.82) is 0 Å². The Morgan fingerprint density at radius 1 is 1.56 bits per heavy atom. The number of rotatable bonds is 4. The van der Waals surface area contributed by atoms with E-state index in [2.05, 4.69) is 29.2 Å². The lowest BCUT2D eigenvalue weighted by Gasteiger charge is -2.29. The zero-order valence-electron chi connectivity index (χ0n) is 10.1. The second-order valence-corrected chi connectivity index (χ2v) is 5.70. The summed E-state index contributed by atoms with van der Waals surface area (Å²) in [6, 6.07) is 0.451. The van der Waals surface area contributed by atoms with Crippen LogP contribution >= 0.6 is 11.3 Å². The molecule has 0 saturated carbocycles. The number of piperidine rings is 1. The van der Waals surface area contributed by atoms with Crippen LogP contribution in [0.5, 0.6) is 0 Å². The van der Waals surface area contributed by atoms with E-state index in [4.69, 9.17) is 0 Å². The molecule has 90 valence electrons. The fourth-order valence-corrected chi connectivity index (χ4v) is 2.80. The third-order valence-electron chi connectivity index (χ3n) is 3.43. The van der Waals surface area contributed by atoms with Gasteiger partial charge in [0.1, 0.15) is 0 Å². The van der Waals surface area contributed by atoms with Crippen molar-refractivity contribution in [3.05, 3.63) is 16.6 Å². The zero-order chi connectivity index (χ0) is 11.4. The maximum absolute atomic E-state index is 4.12. The highest BCUT2D eigenvalue weighted by atomic mass is 32.1. The van der Waals surface area contributed by atoms with E-state index in [0.717, 1.165) is 12.5 Å². The van der Waals surface area contributed by atoms with E-state index >= 15 is 0 Å². The van der Waals surface area contributed by atoms with Gasteiger partial charge in [0.25, 0.3) is 0 Å². The Kier molecular flexibility index (Phi) is 4.32. The lowest BCUT2D eigenvalue weighted by Crippen LogP contribution is -2.35. The number of nitrogens with one attached hydrogen (secondary N) is 1. The minimum atomic E-state index is 0.451. The van der Waals surface area contributed by atoms with Gasteiger partial charge in [-0.1, -0.05) is 0 Å². The van der Waals surface area contributed by atoms with Crippen molar-refractivity contribution in [1.82, 2.24) is 15.2 Å². The molecule has 0 aromatic carbocycles. The van der Waals surface area contributed by atoms with E-state index in [1.165, 1.54) is 30.8 Å². The van der Waals surface area contributed by atoms with Gasteiger partial charge in [0, 0.05) is 17.1 Å². The normalized spacial score (nSPS) is 21.1. The summed E-state index contributed by atoms with van der Waals surface area (Å²) in [4.78, 5) is 7.88. The Morgan fingerprint density at radius 3 is 2.94 bits per heavy atom. The van der Waals surface area contributed by atoms with Gasteiger partial charge in [0.2, 0.25) is 0 Å². The van der Waals surface area contributed by atoms with Crippen molar-refractivity contribution >= 4 is 11.3 Å². The quantitative estimate of drug-likeness (QED) is 0.872. The van der Waals surface area contributed by atoms with E-state index in [-0.39, 0.29) is 0 Å². The van der Waals surface area contributed by atoms with Gasteiger partial charge in [-0.25, -0.2) is 0 Å². The first kappa shape index (κ1) is 12.0. The van der Waals surface area contributed by atoms with Crippen molar-refractivity contribution < 1.29 is 0 Å². The van der Waals surface area contributed by atoms with Gasteiger partial charge in [0.15, 0.2) is 0 Å². The van der Waals surface area contributed by atoms with Crippen LogP contribution in [0.2, 0.25) is 0 Å². The van der Waals surface area contributed by atoms with E-state index in [0.29, 0.717) is 6.04 Å². The van der Waals surface area contributed by atoms with E-state index in [1.807, 2.05) is 11.7 Å². The van der Waals surface area contributed by atoms with Crippen molar-refractivity contribution in [2.75, 3.05) is 26.7 Å². The maximum atomic E-state index is 4.12. The van der Waals surface area contributed by atoms with Crippen molar-refractivity contribution in [3.8, 4) is 0 Å². The van der Waals surface area contributed by atoms with E-state index in [1.54, 1.807) is 11.3 Å². The average molecular weight is 239 g/mol. The Morgan fingerprint density at radius 2 is 2.31 bits per heavy atom. The van der Waals surface area contributed by atoms with Gasteiger partial charge in [-0.05, 0) is 52.4 Å². The molecular formula is C12H21N3S. The third kappa shape index (κ3) is 3.27. The second kappa shape index (κ2) is 5.75. The highest BCUT2D eigenvalue weighted by Gasteiger charge is 2.17. The molecule has 0 radical (unpaired) electrons. The van der Waals surface area contributed by atoms with Gasteiger partial charge in [0.05, 0.1) is 5.51 Å². The number of nitrogens with zero attached hydrogens (tertiary/aromatic N) is 2. The van der Waals surface area contributed by atoms with E-state index in [9.17, 15) is 0 Å². The number of hydrogen-bond donors (Lipinski definition) is 1. The fourth-order valence-electron chi connectivity index (χ4n) is 2.15. The molecule has 1 fully saturated rings. The number of likely N-dealkylation sites (tertiary alicyclic amines) is 1. The molecule has 2 heterocycles. The number of thiazole rings is 1. The molecule has 0 bridgehead atoms. The van der Waals surface area contributed by atoms with Crippen molar-refractivity contribution in [2.24, 2.45) is 5.92 Å². The summed E-state index contributed by atoms with van der Waals surface area (Å²) in [7, 11) is 2.21. The van der Waals surface area contributed by atoms with Gasteiger partial charge < -0.3 is 10.2 Å². The van der Waals surface area contributed by atoms with Crippen LogP contribution in [0.25, 0.3) is 0 Å². The molecule has 1 N–H and O–H groups in total. The highest BCUT2D eigenvalue weighted by Crippen LogP contribution is 2.19. The molecular weight excluding hydrogens is 218 g/mol. The summed E-state index contributed by atoms with van der Waals surface area (Å²) in [5.74, 6) is 0.853. The van der Waals surface area contributed by atoms with Crippen LogP contribution in [0.3, 0.4) is 0 Å². The average Bonchev–Trinajstić information content (AvgIpc) is 2.81. The Bertz CT molecular complexity index is 291. The summed E-state index contributed by atoms with van der Waals surface area (Å²) < 4.78 is 0. The standard InChI is InChI=1S/C12H21N3S/c1-10(12-8-13-9-16-12)14-7-11-3-5-15(2)6-4-11/h8-11,14H,3-7H2,1-2H3. The number of hydrogen-bond acceptors (Lipinski definition) is 4. The molecule has 4 heteroatoms. The molecule has 1 aromatic heterocycles. The topological polar surface area (TPSA) is 28.2 Å². The Hall–Kier alpha value is -0.450. The maximum Gasteiger partial charge on any atom is 0.0794 e. The molecule has 1 saturated heterocycles. The van der Waals surface area contributed by atoms with Crippen LogP contribution < -0.4 is 5.32 Å². The smallest absolute Gasteiger partial charge is 0.0794 e. The summed E-state index contributed by atoms with van der Waals surface area (Å²) in [5, 5.41) is 3.62. The molecule has 1 aliphatic rings. The Balaban J connectivity index is 1.71. The molecule has 1 atom stereocenters. The summed E-state index contributed by atoms with van der Waals surface area (Å²) in [6.07, 6.45) is 4.63. The van der Waals surface area contributed by atoms with E-state index < -0.39 is 0 Å². The van der Waals surface area contributed by atoms with Crippen LogP contribution in [0, 0.1) is 5.92 Å².